The maximum Gasteiger partial charge on any atom is 0.437 e. The standard InChI is InChI=1S/C14H21N3O2/c15-1-2-17-13(18)19-12(16-17)14-6-9-3-10(7-14)5-11(4-9)8-14/h9-11H,1-8,15H2. The molecule has 1 heterocycles. The summed E-state index contributed by atoms with van der Waals surface area (Å²) >= 11 is 0. The molecule has 5 rings (SSSR count). The second-order valence-corrected chi connectivity index (χ2v) is 6.88. The van der Waals surface area contributed by atoms with E-state index in [1.165, 1.54) is 43.2 Å². The topological polar surface area (TPSA) is 74.1 Å². The summed E-state index contributed by atoms with van der Waals surface area (Å²) in [5, 5.41) is 4.45. The summed E-state index contributed by atoms with van der Waals surface area (Å²) in [5.41, 5.74) is 5.57. The van der Waals surface area contributed by atoms with Gasteiger partial charge in [0.1, 0.15) is 0 Å². The first kappa shape index (κ1) is 11.7. The molecule has 5 nitrogen and oxygen atoms in total. The minimum absolute atomic E-state index is 0.0633. The van der Waals surface area contributed by atoms with Gasteiger partial charge in [-0.05, 0) is 56.3 Å². The van der Waals surface area contributed by atoms with Crippen molar-refractivity contribution < 1.29 is 4.42 Å². The minimum Gasteiger partial charge on any atom is -0.392 e. The van der Waals surface area contributed by atoms with Crippen molar-refractivity contribution in [3.8, 4) is 0 Å². The van der Waals surface area contributed by atoms with Gasteiger partial charge in [-0.3, -0.25) is 0 Å². The normalized spacial score (nSPS) is 39.9. The number of rotatable bonds is 3. The van der Waals surface area contributed by atoms with Crippen LogP contribution in [0.1, 0.15) is 44.4 Å². The zero-order chi connectivity index (χ0) is 13.0. The van der Waals surface area contributed by atoms with E-state index >= 15 is 0 Å². The van der Waals surface area contributed by atoms with Crippen molar-refractivity contribution in [3.05, 3.63) is 16.4 Å². The zero-order valence-electron chi connectivity index (χ0n) is 11.2. The predicted octanol–water partition coefficient (Wildman–Crippen LogP) is 1.26. The van der Waals surface area contributed by atoms with Crippen LogP contribution in [0.5, 0.6) is 0 Å². The molecule has 0 amide bonds. The number of hydrogen-bond donors (Lipinski definition) is 1. The SMILES string of the molecule is NCCn1nc(C23CC4CC(CC(C4)C2)C3)oc1=O. The van der Waals surface area contributed by atoms with Gasteiger partial charge in [-0.25, -0.2) is 4.79 Å². The van der Waals surface area contributed by atoms with Crippen LogP contribution in [0, 0.1) is 17.8 Å². The van der Waals surface area contributed by atoms with E-state index in [1.807, 2.05) is 0 Å². The van der Waals surface area contributed by atoms with E-state index in [0.29, 0.717) is 19.0 Å². The second kappa shape index (κ2) is 3.95. The second-order valence-electron chi connectivity index (χ2n) is 6.88. The maximum absolute atomic E-state index is 11.8. The van der Waals surface area contributed by atoms with Crippen molar-refractivity contribution in [1.29, 1.82) is 0 Å². The predicted molar refractivity (Wildman–Crippen MR) is 69.7 cm³/mol. The zero-order valence-corrected chi connectivity index (χ0v) is 11.2. The third-order valence-corrected chi connectivity index (χ3v) is 5.44. The summed E-state index contributed by atoms with van der Waals surface area (Å²) in [4.78, 5) is 11.8. The van der Waals surface area contributed by atoms with Gasteiger partial charge in [-0.2, -0.15) is 4.68 Å². The van der Waals surface area contributed by atoms with E-state index in [4.69, 9.17) is 10.2 Å². The molecule has 0 unspecified atom stereocenters. The van der Waals surface area contributed by atoms with E-state index in [9.17, 15) is 4.79 Å². The van der Waals surface area contributed by atoms with Crippen LogP contribution in [0.15, 0.2) is 9.21 Å². The molecule has 0 spiro atoms. The third kappa shape index (κ3) is 1.71. The van der Waals surface area contributed by atoms with Crippen molar-refractivity contribution in [2.75, 3.05) is 6.54 Å². The minimum atomic E-state index is -0.337. The van der Waals surface area contributed by atoms with E-state index in [-0.39, 0.29) is 11.2 Å². The fraction of sp³-hybridized carbons (Fsp3) is 0.857. The molecule has 4 fully saturated rings. The van der Waals surface area contributed by atoms with Crippen LogP contribution < -0.4 is 11.5 Å². The Labute approximate surface area is 112 Å². The molecule has 0 aromatic carbocycles. The molecule has 4 saturated carbocycles. The van der Waals surface area contributed by atoms with Crippen LogP contribution in [0.3, 0.4) is 0 Å². The van der Waals surface area contributed by atoms with Crippen molar-refractivity contribution in [1.82, 2.24) is 9.78 Å². The Morgan fingerprint density at radius 1 is 1.21 bits per heavy atom. The molecule has 19 heavy (non-hydrogen) atoms. The lowest BCUT2D eigenvalue weighted by Crippen LogP contribution is -2.48. The molecule has 4 aliphatic carbocycles. The molecule has 0 radical (unpaired) electrons. The summed E-state index contributed by atoms with van der Waals surface area (Å²) in [6.07, 6.45) is 7.65. The Bertz CT molecular complexity index is 510. The lowest BCUT2D eigenvalue weighted by Gasteiger charge is -2.55. The highest BCUT2D eigenvalue weighted by molar-refractivity contribution is 5.14. The number of aromatic nitrogens is 2. The van der Waals surface area contributed by atoms with E-state index < -0.39 is 0 Å². The lowest BCUT2D eigenvalue weighted by molar-refractivity contribution is -0.0183. The quantitative estimate of drug-likeness (QED) is 0.891. The molecule has 0 atom stereocenters. The Morgan fingerprint density at radius 3 is 2.32 bits per heavy atom. The first-order valence-corrected chi connectivity index (χ1v) is 7.47. The number of nitrogens with zero attached hydrogens (tertiary/aromatic N) is 2. The van der Waals surface area contributed by atoms with Crippen molar-refractivity contribution in [2.45, 2.75) is 50.5 Å². The molecule has 1 aromatic rings. The highest BCUT2D eigenvalue weighted by Gasteiger charge is 2.54. The van der Waals surface area contributed by atoms with Crippen LogP contribution in [0.2, 0.25) is 0 Å². The van der Waals surface area contributed by atoms with Gasteiger partial charge in [0, 0.05) is 12.0 Å². The molecule has 104 valence electrons. The first-order chi connectivity index (χ1) is 9.18. The van der Waals surface area contributed by atoms with Crippen LogP contribution in [-0.4, -0.2) is 16.3 Å². The Balaban J connectivity index is 1.71. The largest absolute Gasteiger partial charge is 0.437 e. The fourth-order valence-electron chi connectivity index (χ4n) is 5.16. The molecule has 2 N–H and O–H groups in total. The summed E-state index contributed by atoms with van der Waals surface area (Å²) in [5.74, 6) is 2.85. The van der Waals surface area contributed by atoms with Gasteiger partial charge in [0.05, 0.1) is 6.54 Å². The summed E-state index contributed by atoms with van der Waals surface area (Å²) in [6, 6.07) is 0. The number of nitrogens with two attached hydrogens (primary N) is 1. The van der Waals surface area contributed by atoms with Crippen LogP contribution in [-0.2, 0) is 12.0 Å². The van der Waals surface area contributed by atoms with Crippen LogP contribution in [0.25, 0.3) is 0 Å². The molecule has 0 aliphatic heterocycles. The molecule has 4 aliphatic rings. The highest BCUT2D eigenvalue weighted by Crippen LogP contribution is 2.60. The van der Waals surface area contributed by atoms with E-state index in [1.54, 1.807) is 0 Å². The van der Waals surface area contributed by atoms with Crippen LogP contribution in [0.4, 0.5) is 0 Å². The molecule has 0 saturated heterocycles. The van der Waals surface area contributed by atoms with Gasteiger partial charge < -0.3 is 10.2 Å². The van der Waals surface area contributed by atoms with Crippen molar-refractivity contribution in [3.63, 3.8) is 0 Å². The van der Waals surface area contributed by atoms with E-state index in [2.05, 4.69) is 5.10 Å². The van der Waals surface area contributed by atoms with Gasteiger partial charge in [0.2, 0.25) is 5.89 Å². The third-order valence-electron chi connectivity index (χ3n) is 5.44. The number of hydrogen-bond acceptors (Lipinski definition) is 4. The van der Waals surface area contributed by atoms with Gasteiger partial charge in [0.25, 0.3) is 0 Å². The summed E-state index contributed by atoms with van der Waals surface area (Å²) in [6.45, 7) is 0.876. The van der Waals surface area contributed by atoms with Gasteiger partial charge in [-0.1, -0.05) is 0 Å². The van der Waals surface area contributed by atoms with Crippen molar-refractivity contribution >= 4 is 0 Å². The molecular weight excluding hydrogens is 242 g/mol. The van der Waals surface area contributed by atoms with Crippen molar-refractivity contribution in [2.24, 2.45) is 23.5 Å². The molecular formula is C14H21N3O2. The van der Waals surface area contributed by atoms with Gasteiger partial charge in [0.15, 0.2) is 0 Å². The van der Waals surface area contributed by atoms with Crippen LogP contribution >= 0.6 is 0 Å². The maximum atomic E-state index is 11.8. The fourth-order valence-corrected chi connectivity index (χ4v) is 5.16. The summed E-state index contributed by atoms with van der Waals surface area (Å²) in [7, 11) is 0. The Hall–Kier alpha value is -1.10. The average Bonchev–Trinajstić information content (AvgIpc) is 2.70. The molecule has 1 aromatic heterocycles. The molecule has 4 bridgehead atoms. The van der Waals surface area contributed by atoms with E-state index in [0.717, 1.165) is 17.8 Å². The average molecular weight is 263 g/mol. The lowest BCUT2D eigenvalue weighted by atomic mass is 9.49. The van der Waals surface area contributed by atoms with Gasteiger partial charge in [-0.15, -0.1) is 5.10 Å². The highest BCUT2D eigenvalue weighted by atomic mass is 16.4. The molecule has 5 heteroatoms. The smallest absolute Gasteiger partial charge is 0.392 e. The summed E-state index contributed by atoms with van der Waals surface area (Å²) < 4.78 is 6.89. The monoisotopic (exact) mass is 263 g/mol. The Morgan fingerprint density at radius 2 is 1.79 bits per heavy atom. The Kier molecular flexibility index (Phi) is 2.43. The van der Waals surface area contributed by atoms with Gasteiger partial charge >= 0.3 is 5.76 Å². The first-order valence-electron chi connectivity index (χ1n) is 7.47.